The standard InChI is InChI=1S/C12H13N3O/c1-2-9-5-6-11(14-8-9)15-7-3-4-10(13)12(15)16/h3-8H,2,13H2,1H3. The van der Waals surface area contributed by atoms with Crippen LogP contribution >= 0.6 is 0 Å². The van der Waals surface area contributed by atoms with Gasteiger partial charge in [0.2, 0.25) is 0 Å². The minimum Gasteiger partial charge on any atom is -0.394 e. The van der Waals surface area contributed by atoms with E-state index in [0.717, 1.165) is 12.0 Å². The predicted molar refractivity (Wildman–Crippen MR) is 63.6 cm³/mol. The summed E-state index contributed by atoms with van der Waals surface area (Å²) in [5.41, 5.74) is 6.68. The lowest BCUT2D eigenvalue weighted by molar-refractivity contribution is 0.935. The molecule has 82 valence electrons. The average Bonchev–Trinajstić information content (AvgIpc) is 2.33. The number of pyridine rings is 2. The topological polar surface area (TPSA) is 60.9 Å². The van der Waals surface area contributed by atoms with Crippen LogP contribution in [0, 0.1) is 0 Å². The molecule has 0 aliphatic heterocycles. The highest BCUT2D eigenvalue weighted by atomic mass is 16.1. The summed E-state index contributed by atoms with van der Waals surface area (Å²) >= 11 is 0. The number of hydrogen-bond acceptors (Lipinski definition) is 3. The van der Waals surface area contributed by atoms with Crippen LogP contribution in [0.5, 0.6) is 0 Å². The van der Waals surface area contributed by atoms with Gasteiger partial charge in [0.25, 0.3) is 5.56 Å². The van der Waals surface area contributed by atoms with Crippen molar-refractivity contribution in [3.63, 3.8) is 0 Å². The predicted octanol–water partition coefficient (Wildman–Crippen LogP) is 1.38. The molecule has 0 spiro atoms. The highest BCUT2D eigenvalue weighted by Crippen LogP contribution is 2.05. The molecule has 0 saturated heterocycles. The number of aromatic nitrogens is 2. The Morgan fingerprint density at radius 2 is 2.19 bits per heavy atom. The number of rotatable bonds is 2. The Kier molecular flexibility index (Phi) is 2.72. The zero-order valence-corrected chi connectivity index (χ0v) is 9.05. The van der Waals surface area contributed by atoms with E-state index in [1.165, 1.54) is 4.57 Å². The number of hydrogen-bond donors (Lipinski definition) is 1. The Morgan fingerprint density at radius 3 is 2.81 bits per heavy atom. The van der Waals surface area contributed by atoms with Gasteiger partial charge in [0.05, 0.1) is 5.69 Å². The van der Waals surface area contributed by atoms with Crippen molar-refractivity contribution in [1.29, 1.82) is 0 Å². The maximum Gasteiger partial charge on any atom is 0.279 e. The molecule has 0 aliphatic rings. The maximum atomic E-state index is 11.7. The molecule has 0 radical (unpaired) electrons. The first kappa shape index (κ1) is 10.4. The van der Waals surface area contributed by atoms with Crippen LogP contribution in [0.2, 0.25) is 0 Å². The summed E-state index contributed by atoms with van der Waals surface area (Å²) in [4.78, 5) is 16.0. The largest absolute Gasteiger partial charge is 0.394 e. The van der Waals surface area contributed by atoms with Gasteiger partial charge in [0.1, 0.15) is 5.82 Å². The molecule has 2 aromatic heterocycles. The maximum absolute atomic E-state index is 11.7. The van der Waals surface area contributed by atoms with Gasteiger partial charge >= 0.3 is 0 Å². The second-order valence-electron chi connectivity index (χ2n) is 3.52. The first-order valence-electron chi connectivity index (χ1n) is 5.15. The van der Waals surface area contributed by atoms with Crippen molar-refractivity contribution in [3.8, 4) is 5.82 Å². The van der Waals surface area contributed by atoms with E-state index in [4.69, 9.17) is 5.73 Å². The molecule has 2 rings (SSSR count). The quantitative estimate of drug-likeness (QED) is 0.823. The molecule has 0 saturated carbocycles. The van der Waals surface area contributed by atoms with Crippen LogP contribution in [0.3, 0.4) is 0 Å². The van der Waals surface area contributed by atoms with Gasteiger partial charge in [-0.25, -0.2) is 4.98 Å². The van der Waals surface area contributed by atoms with Crippen molar-refractivity contribution in [2.75, 3.05) is 5.73 Å². The summed E-state index contributed by atoms with van der Waals surface area (Å²) in [7, 11) is 0. The number of nitrogens with two attached hydrogens (primary N) is 1. The molecule has 4 nitrogen and oxygen atoms in total. The van der Waals surface area contributed by atoms with Crippen molar-refractivity contribution >= 4 is 5.69 Å². The fraction of sp³-hybridized carbons (Fsp3) is 0.167. The summed E-state index contributed by atoms with van der Waals surface area (Å²) in [5, 5.41) is 0. The van der Waals surface area contributed by atoms with E-state index < -0.39 is 0 Å². The smallest absolute Gasteiger partial charge is 0.279 e. The second kappa shape index (κ2) is 4.18. The normalized spacial score (nSPS) is 10.3. The zero-order valence-electron chi connectivity index (χ0n) is 9.05. The Morgan fingerprint density at radius 1 is 1.38 bits per heavy atom. The Bertz CT molecular complexity index is 543. The van der Waals surface area contributed by atoms with Crippen LogP contribution in [0.25, 0.3) is 5.82 Å². The van der Waals surface area contributed by atoms with Crippen molar-refractivity contribution in [3.05, 3.63) is 52.6 Å². The lowest BCUT2D eigenvalue weighted by Crippen LogP contribution is -2.21. The minimum absolute atomic E-state index is 0.226. The van der Waals surface area contributed by atoms with E-state index >= 15 is 0 Å². The molecular formula is C12H13N3O. The monoisotopic (exact) mass is 215 g/mol. The van der Waals surface area contributed by atoms with Crippen molar-refractivity contribution in [2.45, 2.75) is 13.3 Å². The molecule has 16 heavy (non-hydrogen) atoms. The van der Waals surface area contributed by atoms with Crippen LogP contribution in [-0.2, 0) is 6.42 Å². The summed E-state index contributed by atoms with van der Waals surface area (Å²) in [6.07, 6.45) is 4.36. The van der Waals surface area contributed by atoms with E-state index in [2.05, 4.69) is 11.9 Å². The van der Waals surface area contributed by atoms with Crippen LogP contribution < -0.4 is 11.3 Å². The van der Waals surface area contributed by atoms with E-state index in [9.17, 15) is 4.79 Å². The van der Waals surface area contributed by atoms with Crippen LogP contribution in [0.4, 0.5) is 5.69 Å². The van der Waals surface area contributed by atoms with Crippen LogP contribution in [-0.4, -0.2) is 9.55 Å². The third kappa shape index (κ3) is 1.82. The van der Waals surface area contributed by atoms with Crippen molar-refractivity contribution in [1.82, 2.24) is 9.55 Å². The zero-order chi connectivity index (χ0) is 11.5. The van der Waals surface area contributed by atoms with E-state index in [-0.39, 0.29) is 11.2 Å². The van der Waals surface area contributed by atoms with Gasteiger partial charge in [-0.15, -0.1) is 0 Å². The summed E-state index contributed by atoms with van der Waals surface area (Å²) in [5.74, 6) is 0.592. The van der Waals surface area contributed by atoms with Gasteiger partial charge in [-0.3, -0.25) is 9.36 Å². The number of aryl methyl sites for hydroxylation is 1. The lowest BCUT2D eigenvalue weighted by atomic mass is 10.2. The summed E-state index contributed by atoms with van der Waals surface area (Å²) < 4.78 is 1.44. The van der Waals surface area contributed by atoms with Crippen LogP contribution in [0.15, 0.2) is 41.5 Å². The molecule has 0 atom stereocenters. The van der Waals surface area contributed by atoms with Gasteiger partial charge in [-0.05, 0) is 30.2 Å². The van der Waals surface area contributed by atoms with Gasteiger partial charge in [-0.1, -0.05) is 13.0 Å². The third-order valence-electron chi connectivity index (χ3n) is 2.44. The molecule has 0 aromatic carbocycles. The summed E-state index contributed by atoms with van der Waals surface area (Å²) in [6, 6.07) is 7.09. The molecule has 0 unspecified atom stereocenters. The molecule has 2 N–H and O–H groups in total. The van der Waals surface area contributed by atoms with Gasteiger partial charge in [0.15, 0.2) is 0 Å². The Balaban J connectivity index is 2.51. The second-order valence-corrected chi connectivity index (χ2v) is 3.52. The van der Waals surface area contributed by atoms with Gasteiger partial charge in [-0.2, -0.15) is 0 Å². The molecular weight excluding hydrogens is 202 g/mol. The SMILES string of the molecule is CCc1ccc(-n2cccc(N)c2=O)nc1. The Labute approximate surface area is 93.4 Å². The Hall–Kier alpha value is -2.10. The molecule has 0 amide bonds. The van der Waals surface area contributed by atoms with E-state index in [0.29, 0.717) is 5.82 Å². The van der Waals surface area contributed by atoms with E-state index in [1.807, 2.05) is 12.1 Å². The summed E-state index contributed by atoms with van der Waals surface area (Å²) in [6.45, 7) is 2.06. The van der Waals surface area contributed by atoms with Gasteiger partial charge < -0.3 is 5.73 Å². The molecule has 2 aromatic rings. The third-order valence-corrected chi connectivity index (χ3v) is 2.44. The first-order valence-corrected chi connectivity index (χ1v) is 5.15. The lowest BCUT2D eigenvalue weighted by Gasteiger charge is -2.05. The first-order chi connectivity index (χ1) is 7.72. The minimum atomic E-state index is -0.237. The van der Waals surface area contributed by atoms with E-state index in [1.54, 1.807) is 24.5 Å². The fourth-order valence-electron chi connectivity index (χ4n) is 1.46. The molecule has 0 aliphatic carbocycles. The van der Waals surface area contributed by atoms with Crippen LogP contribution in [0.1, 0.15) is 12.5 Å². The molecule has 0 fully saturated rings. The van der Waals surface area contributed by atoms with Gasteiger partial charge in [0, 0.05) is 12.4 Å². The molecule has 4 heteroatoms. The number of anilines is 1. The fourth-order valence-corrected chi connectivity index (χ4v) is 1.46. The van der Waals surface area contributed by atoms with Crippen molar-refractivity contribution in [2.24, 2.45) is 0 Å². The highest BCUT2D eigenvalue weighted by Gasteiger charge is 2.02. The number of nitrogens with zero attached hydrogens (tertiary/aromatic N) is 2. The molecule has 0 bridgehead atoms. The number of nitrogen functional groups attached to an aromatic ring is 1. The average molecular weight is 215 g/mol. The van der Waals surface area contributed by atoms with Crippen molar-refractivity contribution < 1.29 is 0 Å². The molecule has 2 heterocycles. The highest BCUT2D eigenvalue weighted by molar-refractivity contribution is 5.37.